The summed E-state index contributed by atoms with van der Waals surface area (Å²) in [6, 6.07) is 36.4. The average molecular weight is 676 g/mol. The number of anilines is 2. The number of ether oxygens (including phenoxy) is 2. The number of methoxy groups -OCH3 is 2. The first-order valence-electron chi connectivity index (χ1n) is 15.8. The average Bonchev–Trinajstić information content (AvgIpc) is 3.17. The number of carbonyl (C=O) groups is 2. The van der Waals surface area contributed by atoms with E-state index < -0.39 is 16.7 Å². The van der Waals surface area contributed by atoms with Crippen molar-refractivity contribution in [3.05, 3.63) is 149 Å². The fourth-order valence-electron chi connectivity index (χ4n) is 5.81. The summed E-state index contributed by atoms with van der Waals surface area (Å²) in [5.74, 6) is 0.318. The van der Waals surface area contributed by atoms with Crippen molar-refractivity contribution in [3.63, 3.8) is 0 Å². The predicted octanol–water partition coefficient (Wildman–Crippen LogP) is 8.55. The van der Waals surface area contributed by atoms with Crippen molar-refractivity contribution in [2.45, 2.75) is 0 Å². The van der Waals surface area contributed by atoms with Gasteiger partial charge in [0, 0.05) is 33.7 Å². The van der Waals surface area contributed by atoms with E-state index in [-0.39, 0.29) is 22.6 Å². The van der Waals surface area contributed by atoms with Crippen LogP contribution in [0, 0.1) is 10.1 Å². The van der Waals surface area contributed by atoms with Gasteiger partial charge in [-0.2, -0.15) is 0 Å². The zero-order valence-electron chi connectivity index (χ0n) is 27.4. The van der Waals surface area contributed by atoms with Gasteiger partial charge in [-0.25, -0.2) is 9.97 Å². The topological polar surface area (TPSA) is 146 Å². The normalized spacial score (nSPS) is 10.9. The Hall–Kier alpha value is -7.14. The number of fused-ring (bicyclic) bond motifs is 2. The summed E-state index contributed by atoms with van der Waals surface area (Å²) in [6.07, 6.45) is 0. The first-order valence-corrected chi connectivity index (χ1v) is 15.8. The number of pyridine rings is 2. The Balaban J connectivity index is 1.22. The van der Waals surface area contributed by atoms with E-state index in [2.05, 4.69) is 10.6 Å². The molecule has 2 aromatic heterocycles. The maximum atomic E-state index is 13.9. The van der Waals surface area contributed by atoms with Crippen LogP contribution in [0.4, 0.5) is 17.1 Å². The fourth-order valence-corrected chi connectivity index (χ4v) is 5.81. The molecule has 0 saturated carbocycles. The lowest BCUT2D eigenvalue weighted by Crippen LogP contribution is -2.16. The lowest BCUT2D eigenvalue weighted by atomic mass is 10.0. The highest BCUT2D eigenvalue weighted by Crippen LogP contribution is 2.32. The molecule has 0 aliphatic carbocycles. The quantitative estimate of drug-likeness (QED) is 0.114. The molecule has 2 heterocycles. The third-order valence-corrected chi connectivity index (χ3v) is 8.39. The largest absolute Gasteiger partial charge is 0.497 e. The zero-order valence-corrected chi connectivity index (χ0v) is 27.4. The summed E-state index contributed by atoms with van der Waals surface area (Å²) in [6.45, 7) is 0. The van der Waals surface area contributed by atoms with E-state index in [1.807, 2.05) is 60.7 Å². The van der Waals surface area contributed by atoms with Gasteiger partial charge >= 0.3 is 0 Å². The Labute approximate surface area is 291 Å². The maximum absolute atomic E-state index is 13.9. The van der Waals surface area contributed by atoms with E-state index in [0.29, 0.717) is 50.3 Å². The number of carbonyl (C=O) groups excluding carboxylic acids is 2. The van der Waals surface area contributed by atoms with Crippen molar-refractivity contribution in [3.8, 4) is 34.0 Å². The molecule has 0 aliphatic heterocycles. The van der Waals surface area contributed by atoms with Crippen LogP contribution in [0.2, 0.25) is 0 Å². The molecule has 0 radical (unpaired) electrons. The van der Waals surface area contributed by atoms with E-state index in [1.165, 1.54) is 18.2 Å². The van der Waals surface area contributed by atoms with Crippen LogP contribution in [0.3, 0.4) is 0 Å². The Morgan fingerprint density at radius 1 is 0.608 bits per heavy atom. The minimum Gasteiger partial charge on any atom is -0.497 e. The highest BCUT2D eigenvalue weighted by molar-refractivity contribution is 6.15. The van der Waals surface area contributed by atoms with E-state index in [0.717, 1.165) is 11.1 Å². The Kier molecular flexibility index (Phi) is 8.75. The van der Waals surface area contributed by atoms with Crippen LogP contribution in [-0.2, 0) is 0 Å². The van der Waals surface area contributed by atoms with E-state index in [9.17, 15) is 19.7 Å². The first-order chi connectivity index (χ1) is 24.8. The molecule has 51 heavy (non-hydrogen) atoms. The van der Waals surface area contributed by atoms with Gasteiger partial charge in [0.1, 0.15) is 17.2 Å². The third-order valence-electron chi connectivity index (χ3n) is 8.39. The summed E-state index contributed by atoms with van der Waals surface area (Å²) in [5, 5.41) is 18.9. The van der Waals surface area contributed by atoms with Gasteiger partial charge < -0.3 is 20.1 Å². The second kappa shape index (κ2) is 13.8. The van der Waals surface area contributed by atoms with E-state index >= 15 is 0 Å². The van der Waals surface area contributed by atoms with Crippen molar-refractivity contribution in [2.75, 3.05) is 24.9 Å². The standard InChI is InChI=1S/C40H29N5O6/c1-50-27-16-11-24(12-17-27)35-22-31(29-7-3-5-9-33(29)42-35)39(46)41-26-15-20-38(45(48)49)37(21-26)44-40(47)32-23-36(25-13-18-28(51-2)19-14-25)43-34-10-6-4-8-30(32)34/h3-23H,1-2H3,(H,41,46)(H,44,47). The number of rotatable bonds is 9. The molecule has 0 aliphatic rings. The van der Waals surface area contributed by atoms with Crippen LogP contribution < -0.4 is 20.1 Å². The second-order valence-corrected chi connectivity index (χ2v) is 11.5. The molecule has 0 unspecified atom stereocenters. The minimum atomic E-state index is -0.591. The highest BCUT2D eigenvalue weighted by Gasteiger charge is 2.22. The van der Waals surface area contributed by atoms with Crippen molar-refractivity contribution >= 4 is 50.7 Å². The molecule has 0 bridgehead atoms. The van der Waals surface area contributed by atoms with E-state index in [4.69, 9.17) is 19.4 Å². The second-order valence-electron chi connectivity index (χ2n) is 11.5. The third kappa shape index (κ3) is 6.63. The summed E-state index contributed by atoms with van der Waals surface area (Å²) >= 11 is 0. The van der Waals surface area contributed by atoms with Gasteiger partial charge in [-0.3, -0.25) is 19.7 Å². The van der Waals surface area contributed by atoms with Gasteiger partial charge in [-0.15, -0.1) is 0 Å². The monoisotopic (exact) mass is 675 g/mol. The number of amides is 2. The van der Waals surface area contributed by atoms with Crippen LogP contribution in [0.1, 0.15) is 20.7 Å². The number of nitro benzene ring substituents is 1. The number of nitrogens with one attached hydrogen (secondary N) is 2. The fraction of sp³-hybridized carbons (Fsp3) is 0.0500. The molecule has 0 fully saturated rings. The Bertz CT molecular complexity index is 2460. The first kappa shape index (κ1) is 32.4. The van der Waals surface area contributed by atoms with Gasteiger partial charge in [0.15, 0.2) is 0 Å². The molecule has 250 valence electrons. The SMILES string of the molecule is COc1ccc(-c2cc(C(=O)Nc3ccc([N+](=O)[O-])c(NC(=O)c4cc(-c5ccc(OC)cc5)nc5ccccc45)c3)c3ccccc3n2)cc1. The molecule has 0 spiro atoms. The lowest BCUT2D eigenvalue weighted by molar-refractivity contribution is -0.383. The van der Waals surface area contributed by atoms with Crippen LogP contribution in [-0.4, -0.2) is 40.9 Å². The van der Waals surface area contributed by atoms with Gasteiger partial charge in [-0.05, 0) is 84.9 Å². The molecule has 5 aromatic carbocycles. The minimum absolute atomic E-state index is 0.0896. The summed E-state index contributed by atoms with van der Waals surface area (Å²) in [4.78, 5) is 48.8. The van der Waals surface area contributed by atoms with E-state index in [1.54, 1.807) is 62.8 Å². The van der Waals surface area contributed by atoms with Crippen molar-refractivity contribution in [1.29, 1.82) is 0 Å². The lowest BCUT2D eigenvalue weighted by Gasteiger charge is -2.13. The predicted molar refractivity (Wildman–Crippen MR) is 196 cm³/mol. The van der Waals surface area contributed by atoms with Gasteiger partial charge in [0.25, 0.3) is 17.5 Å². The number of aromatic nitrogens is 2. The number of benzene rings is 5. The molecular formula is C40H29N5O6. The number of nitrogens with zero attached hydrogens (tertiary/aromatic N) is 3. The smallest absolute Gasteiger partial charge is 0.292 e. The Morgan fingerprint density at radius 2 is 1.08 bits per heavy atom. The van der Waals surface area contributed by atoms with Gasteiger partial charge in [-0.1, -0.05) is 36.4 Å². The summed E-state index contributed by atoms with van der Waals surface area (Å²) < 4.78 is 10.5. The molecule has 0 atom stereocenters. The molecule has 0 saturated heterocycles. The van der Waals surface area contributed by atoms with Crippen LogP contribution in [0.25, 0.3) is 44.3 Å². The van der Waals surface area contributed by atoms with Crippen LogP contribution in [0.5, 0.6) is 11.5 Å². The zero-order chi connectivity index (χ0) is 35.5. The van der Waals surface area contributed by atoms with Crippen LogP contribution >= 0.6 is 0 Å². The molecule has 11 heteroatoms. The maximum Gasteiger partial charge on any atom is 0.292 e. The van der Waals surface area contributed by atoms with Gasteiger partial charge in [0.2, 0.25) is 0 Å². The summed E-state index contributed by atoms with van der Waals surface area (Å²) in [7, 11) is 3.16. The molecular weight excluding hydrogens is 646 g/mol. The summed E-state index contributed by atoms with van der Waals surface area (Å²) in [5.41, 5.74) is 4.28. The number of hydrogen-bond acceptors (Lipinski definition) is 8. The van der Waals surface area contributed by atoms with Gasteiger partial charge in [0.05, 0.1) is 52.7 Å². The molecule has 2 amide bonds. The number of nitro groups is 1. The molecule has 7 aromatic rings. The van der Waals surface area contributed by atoms with Crippen molar-refractivity contribution in [1.82, 2.24) is 9.97 Å². The molecule has 11 nitrogen and oxygen atoms in total. The number of hydrogen-bond donors (Lipinski definition) is 2. The molecule has 7 rings (SSSR count). The van der Waals surface area contributed by atoms with Crippen molar-refractivity contribution in [2.24, 2.45) is 0 Å². The Morgan fingerprint density at radius 3 is 1.55 bits per heavy atom. The van der Waals surface area contributed by atoms with Crippen molar-refractivity contribution < 1.29 is 24.0 Å². The van der Waals surface area contributed by atoms with Crippen LogP contribution in [0.15, 0.2) is 127 Å². The highest BCUT2D eigenvalue weighted by atomic mass is 16.6. The molecule has 2 N–H and O–H groups in total. The number of para-hydroxylation sites is 2.